The number of morpholine rings is 1. The zero-order chi connectivity index (χ0) is 24.5. The van der Waals surface area contributed by atoms with Crippen LogP contribution >= 0.6 is 0 Å². The number of ether oxygens (including phenoxy) is 1. The summed E-state index contributed by atoms with van der Waals surface area (Å²) >= 11 is 0. The molecule has 0 unspecified atom stereocenters. The number of hydrogen-bond donors (Lipinski definition) is 1. The van der Waals surface area contributed by atoms with E-state index in [0.717, 1.165) is 0 Å². The molecule has 0 saturated carbocycles. The van der Waals surface area contributed by atoms with Gasteiger partial charge in [0, 0.05) is 32.2 Å². The highest BCUT2D eigenvalue weighted by molar-refractivity contribution is 5.79. The third-order valence-electron chi connectivity index (χ3n) is 6.06. The van der Waals surface area contributed by atoms with Crippen molar-refractivity contribution in [3.8, 4) is 5.82 Å². The van der Waals surface area contributed by atoms with Gasteiger partial charge in [-0.2, -0.15) is 9.97 Å². The minimum atomic E-state index is -2.77. The maximum Gasteiger partial charge on any atom is 0.296 e. The first kappa shape index (κ1) is 23.4. The number of fused-ring (bicyclic) bond motifs is 1. The van der Waals surface area contributed by atoms with E-state index in [9.17, 15) is 13.6 Å². The van der Waals surface area contributed by atoms with E-state index in [0.29, 0.717) is 74.6 Å². The van der Waals surface area contributed by atoms with Gasteiger partial charge in [0.25, 0.3) is 6.43 Å². The lowest BCUT2D eigenvalue weighted by Crippen LogP contribution is -2.58. The second kappa shape index (κ2) is 9.70. The normalized spacial score (nSPS) is 16.9. The van der Waals surface area contributed by atoms with Crippen molar-refractivity contribution >= 4 is 28.7 Å². The molecule has 0 bridgehead atoms. The predicted molar refractivity (Wildman–Crippen MR) is 127 cm³/mol. The Bertz CT molecular complexity index is 1210. The van der Waals surface area contributed by atoms with Crippen LogP contribution in [0.2, 0.25) is 0 Å². The largest absolute Gasteiger partial charge is 0.378 e. The van der Waals surface area contributed by atoms with Crippen molar-refractivity contribution in [3.63, 3.8) is 0 Å². The lowest BCUT2D eigenvalue weighted by molar-refractivity contribution is -0.135. The molecule has 0 atom stereocenters. The summed E-state index contributed by atoms with van der Waals surface area (Å²) in [7, 11) is 3.71. The van der Waals surface area contributed by atoms with Crippen molar-refractivity contribution in [3.05, 3.63) is 36.2 Å². The first-order valence-corrected chi connectivity index (χ1v) is 11.6. The van der Waals surface area contributed by atoms with Gasteiger partial charge in [0.15, 0.2) is 5.82 Å². The number of nitrogens with zero attached hydrogens (tertiary/aromatic N) is 7. The Balaban J connectivity index is 1.47. The van der Waals surface area contributed by atoms with E-state index in [1.165, 1.54) is 4.57 Å². The maximum absolute atomic E-state index is 14.0. The van der Waals surface area contributed by atoms with E-state index in [1.54, 1.807) is 35.2 Å². The quantitative estimate of drug-likeness (QED) is 0.541. The summed E-state index contributed by atoms with van der Waals surface area (Å²) in [5.74, 6) is 0.953. The van der Waals surface area contributed by atoms with Crippen LogP contribution in [0.5, 0.6) is 0 Å². The van der Waals surface area contributed by atoms with E-state index in [-0.39, 0.29) is 17.8 Å². The Kier molecular flexibility index (Phi) is 6.48. The van der Waals surface area contributed by atoms with Crippen LogP contribution in [0, 0.1) is 0 Å². The van der Waals surface area contributed by atoms with Crippen LogP contribution in [0.1, 0.15) is 12.2 Å². The molecule has 2 saturated heterocycles. The van der Waals surface area contributed by atoms with Crippen LogP contribution < -0.4 is 10.2 Å². The molecule has 5 rings (SSSR count). The monoisotopic (exact) mass is 486 g/mol. The van der Waals surface area contributed by atoms with Crippen molar-refractivity contribution in [1.29, 1.82) is 0 Å². The molecule has 1 N–H and O–H groups in total. The van der Waals surface area contributed by atoms with E-state index >= 15 is 0 Å². The van der Waals surface area contributed by atoms with Gasteiger partial charge in [0.05, 0.1) is 36.8 Å². The summed E-state index contributed by atoms with van der Waals surface area (Å²) in [6, 6.07) is 8.69. The molecule has 2 aliphatic rings. The first-order chi connectivity index (χ1) is 16.9. The fourth-order valence-electron chi connectivity index (χ4n) is 4.31. The van der Waals surface area contributed by atoms with Crippen molar-refractivity contribution in [1.82, 2.24) is 29.3 Å². The van der Waals surface area contributed by atoms with E-state index in [4.69, 9.17) is 4.74 Å². The molecule has 0 aliphatic carbocycles. The number of anilines is 2. The topological polar surface area (TPSA) is 91.7 Å². The van der Waals surface area contributed by atoms with Crippen LogP contribution in [0.4, 0.5) is 20.5 Å². The molecule has 10 nitrogen and oxygen atoms in total. The summed E-state index contributed by atoms with van der Waals surface area (Å²) < 4.78 is 34.8. The molecule has 4 heterocycles. The van der Waals surface area contributed by atoms with Crippen LogP contribution in [-0.2, 0) is 9.53 Å². The van der Waals surface area contributed by atoms with E-state index in [2.05, 4.69) is 25.2 Å². The van der Waals surface area contributed by atoms with Crippen LogP contribution in [-0.4, -0.2) is 101 Å². The average Bonchev–Trinajstić information content (AvgIpc) is 3.21. The van der Waals surface area contributed by atoms with Crippen LogP contribution in [0.15, 0.2) is 30.3 Å². The fourth-order valence-corrected chi connectivity index (χ4v) is 4.31. The number of amides is 1. The number of halogens is 2. The minimum absolute atomic E-state index is 0.0250. The summed E-state index contributed by atoms with van der Waals surface area (Å²) in [6.45, 7) is 3.81. The zero-order valence-electron chi connectivity index (χ0n) is 19.7. The summed E-state index contributed by atoms with van der Waals surface area (Å²) in [5, 5.41) is 3.29. The van der Waals surface area contributed by atoms with Gasteiger partial charge in [-0.3, -0.25) is 9.36 Å². The molecule has 0 radical (unpaired) electrons. The molecule has 1 amide bonds. The van der Waals surface area contributed by atoms with Crippen molar-refractivity contribution in [2.45, 2.75) is 12.5 Å². The number of carbonyl (C=O) groups excluding carboxylic acids is 1. The van der Waals surface area contributed by atoms with Gasteiger partial charge in [-0.25, -0.2) is 13.8 Å². The Morgan fingerprint density at radius 1 is 1.14 bits per heavy atom. The molecule has 2 aliphatic heterocycles. The Morgan fingerprint density at radius 2 is 1.86 bits per heavy atom. The number of para-hydroxylation sites is 2. The Hall–Kier alpha value is -3.38. The summed E-state index contributed by atoms with van der Waals surface area (Å²) in [6.07, 6.45) is -2.77. The molecule has 0 spiro atoms. The highest BCUT2D eigenvalue weighted by Gasteiger charge is 2.31. The number of aromatic nitrogens is 4. The number of alkyl halides is 2. The number of imidazole rings is 1. The van der Waals surface area contributed by atoms with Crippen LogP contribution in [0.3, 0.4) is 0 Å². The van der Waals surface area contributed by atoms with Crippen molar-refractivity contribution < 1.29 is 18.3 Å². The predicted octanol–water partition coefficient (Wildman–Crippen LogP) is 1.77. The second-order valence-electron chi connectivity index (χ2n) is 8.98. The lowest BCUT2D eigenvalue weighted by Gasteiger charge is -2.40. The molecule has 1 aromatic carbocycles. The molecule has 35 heavy (non-hydrogen) atoms. The van der Waals surface area contributed by atoms with Gasteiger partial charge < -0.3 is 24.8 Å². The molecular formula is C23H28F2N8O2. The third-order valence-corrected chi connectivity index (χ3v) is 6.06. The standard InChI is InChI=1S/C23H28F2N8O2/c1-30(2)14-20(34)32-12-15(13-32)26-23-28-18(31-7-9-35-10-8-31)11-19(29-23)33-17-6-4-3-5-16(17)27-22(33)21(24)25/h3-6,11,15,21H,7-10,12-14H2,1-2H3,(H,26,28,29). The molecule has 2 aromatic heterocycles. The van der Waals surface area contributed by atoms with Crippen LogP contribution in [0.25, 0.3) is 16.9 Å². The molecule has 12 heteroatoms. The van der Waals surface area contributed by atoms with Crippen molar-refractivity contribution in [2.24, 2.45) is 0 Å². The van der Waals surface area contributed by atoms with E-state index < -0.39 is 6.43 Å². The minimum Gasteiger partial charge on any atom is -0.378 e. The van der Waals surface area contributed by atoms with Gasteiger partial charge in [-0.05, 0) is 26.2 Å². The SMILES string of the molecule is CN(C)CC(=O)N1CC(Nc2nc(N3CCOCC3)cc(-n3c(C(F)F)nc4ccccc43)n2)C1. The summed E-state index contributed by atoms with van der Waals surface area (Å²) in [4.78, 5) is 31.3. The van der Waals surface area contributed by atoms with Crippen molar-refractivity contribution in [2.75, 3.05) is 70.2 Å². The smallest absolute Gasteiger partial charge is 0.296 e. The molecule has 3 aromatic rings. The molecule has 186 valence electrons. The fraction of sp³-hybridized carbons (Fsp3) is 0.478. The highest BCUT2D eigenvalue weighted by atomic mass is 19.3. The number of hydrogen-bond acceptors (Lipinski definition) is 8. The number of nitrogens with one attached hydrogen (secondary N) is 1. The van der Waals surface area contributed by atoms with Gasteiger partial charge in [-0.15, -0.1) is 0 Å². The summed E-state index contributed by atoms with van der Waals surface area (Å²) in [5.41, 5.74) is 1.02. The van der Waals surface area contributed by atoms with Gasteiger partial charge in [0.1, 0.15) is 11.6 Å². The number of rotatable bonds is 7. The number of carbonyl (C=O) groups is 1. The van der Waals surface area contributed by atoms with E-state index in [1.807, 2.05) is 19.0 Å². The second-order valence-corrected chi connectivity index (χ2v) is 8.98. The maximum atomic E-state index is 14.0. The Morgan fingerprint density at radius 3 is 2.57 bits per heavy atom. The molecule has 2 fully saturated rings. The average molecular weight is 487 g/mol. The number of benzene rings is 1. The first-order valence-electron chi connectivity index (χ1n) is 11.6. The van der Waals surface area contributed by atoms with Gasteiger partial charge in [-0.1, -0.05) is 12.1 Å². The Labute approximate surface area is 201 Å². The zero-order valence-corrected chi connectivity index (χ0v) is 19.7. The number of likely N-dealkylation sites (N-methyl/N-ethyl adjacent to an activating group) is 1. The molecular weight excluding hydrogens is 458 g/mol. The lowest BCUT2D eigenvalue weighted by atomic mass is 10.1. The third kappa shape index (κ3) is 4.89. The van der Waals surface area contributed by atoms with Gasteiger partial charge in [0.2, 0.25) is 11.9 Å². The number of likely N-dealkylation sites (tertiary alicyclic amines) is 1. The van der Waals surface area contributed by atoms with Gasteiger partial charge >= 0.3 is 0 Å². The highest BCUT2D eigenvalue weighted by Crippen LogP contribution is 2.29.